The largest absolute Gasteiger partial charge is 0.474 e. The molecule has 3 rings (SSSR count). The third-order valence-corrected chi connectivity index (χ3v) is 3.44. The van der Waals surface area contributed by atoms with Gasteiger partial charge in [-0.2, -0.15) is 5.26 Å². The van der Waals surface area contributed by atoms with Gasteiger partial charge in [0.1, 0.15) is 24.3 Å². The number of hydrogen-bond acceptors (Lipinski definition) is 5. The van der Waals surface area contributed by atoms with Gasteiger partial charge in [-0.15, -0.1) is 0 Å². The van der Waals surface area contributed by atoms with Gasteiger partial charge in [-0.1, -0.05) is 18.2 Å². The monoisotopic (exact) mass is 283 g/mol. The highest BCUT2D eigenvalue weighted by atomic mass is 16.5. The molecule has 0 saturated carbocycles. The van der Waals surface area contributed by atoms with Crippen molar-refractivity contribution in [1.29, 1.82) is 5.26 Å². The smallest absolute Gasteiger partial charge is 0.232 e. The van der Waals surface area contributed by atoms with Gasteiger partial charge in [-0.05, 0) is 19.1 Å². The predicted molar refractivity (Wildman–Crippen MR) is 79.2 cm³/mol. The lowest BCUT2D eigenvalue weighted by Crippen LogP contribution is -2.45. The maximum atomic E-state index is 9.24. The van der Waals surface area contributed by atoms with Crippen LogP contribution in [0.15, 0.2) is 30.3 Å². The number of nitrogens with one attached hydrogen (secondary N) is 1. The van der Waals surface area contributed by atoms with E-state index in [0.29, 0.717) is 18.1 Å². The third kappa shape index (κ3) is 3.13. The fourth-order valence-corrected chi connectivity index (χ4v) is 2.43. The van der Waals surface area contributed by atoms with Crippen LogP contribution in [0.2, 0.25) is 0 Å². The second-order valence-electron chi connectivity index (χ2n) is 5.18. The van der Waals surface area contributed by atoms with Gasteiger partial charge in [0.15, 0.2) is 0 Å². The molecule has 1 fully saturated rings. The summed E-state index contributed by atoms with van der Waals surface area (Å²) in [6.07, 6.45) is 0.154. The lowest BCUT2D eigenvalue weighted by atomic mass is 10.1. The summed E-state index contributed by atoms with van der Waals surface area (Å²) in [5.74, 6) is 0.373. The van der Waals surface area contributed by atoms with Crippen LogP contribution in [0.1, 0.15) is 12.5 Å². The van der Waals surface area contributed by atoms with Gasteiger partial charge in [0.25, 0.3) is 0 Å². The average molecular weight is 283 g/mol. The van der Waals surface area contributed by atoms with Crippen molar-refractivity contribution < 1.29 is 9.47 Å². The van der Waals surface area contributed by atoms with Crippen molar-refractivity contribution in [2.75, 3.05) is 19.7 Å². The summed E-state index contributed by atoms with van der Waals surface area (Å²) in [7, 11) is 0. The zero-order chi connectivity index (χ0) is 14.7. The minimum atomic E-state index is -0.0198. The van der Waals surface area contributed by atoms with Crippen LogP contribution in [-0.2, 0) is 4.74 Å². The molecule has 0 aliphatic carbocycles. The van der Waals surface area contributed by atoms with E-state index in [0.717, 1.165) is 24.0 Å². The Morgan fingerprint density at radius 1 is 1.43 bits per heavy atom. The first-order valence-corrected chi connectivity index (χ1v) is 7.05. The van der Waals surface area contributed by atoms with Crippen molar-refractivity contribution in [2.45, 2.75) is 19.1 Å². The molecule has 0 spiro atoms. The number of aromatic nitrogens is 1. The Labute approximate surface area is 123 Å². The number of morpholine rings is 1. The van der Waals surface area contributed by atoms with Crippen molar-refractivity contribution in [1.82, 2.24) is 10.3 Å². The molecule has 108 valence electrons. The molecule has 1 aliphatic heterocycles. The summed E-state index contributed by atoms with van der Waals surface area (Å²) in [6.45, 7) is 4.01. The molecule has 0 amide bonds. The molecule has 5 heteroatoms. The Hall–Kier alpha value is -2.16. The molecule has 2 unspecified atom stereocenters. The van der Waals surface area contributed by atoms with E-state index in [-0.39, 0.29) is 12.2 Å². The van der Waals surface area contributed by atoms with E-state index in [1.54, 1.807) is 6.07 Å². The molecule has 1 saturated heterocycles. The predicted octanol–water partition coefficient (Wildman–Crippen LogP) is 1.86. The standard InChI is InChI=1S/C16H17N3O2/c1-11-8-18-9-14(21-11)10-20-16-13(7-17)6-12-4-2-3-5-15(12)19-16/h2-6,11,14,18H,8-10H2,1H3. The molecule has 21 heavy (non-hydrogen) atoms. The summed E-state index contributed by atoms with van der Waals surface area (Å²) in [4.78, 5) is 4.43. The average Bonchev–Trinajstić information content (AvgIpc) is 2.52. The van der Waals surface area contributed by atoms with Crippen LogP contribution < -0.4 is 10.1 Å². The van der Waals surface area contributed by atoms with Gasteiger partial charge in [-0.25, -0.2) is 4.98 Å². The maximum Gasteiger partial charge on any atom is 0.232 e. The first kappa shape index (κ1) is 13.8. The molecule has 2 heterocycles. The van der Waals surface area contributed by atoms with E-state index in [2.05, 4.69) is 16.4 Å². The SMILES string of the molecule is CC1CNCC(COc2nc3ccccc3cc2C#N)O1. The third-order valence-electron chi connectivity index (χ3n) is 3.44. The molecule has 5 nitrogen and oxygen atoms in total. The second kappa shape index (κ2) is 6.08. The van der Waals surface area contributed by atoms with Crippen LogP contribution in [0.4, 0.5) is 0 Å². The summed E-state index contributed by atoms with van der Waals surface area (Å²) in [5, 5.41) is 13.5. The van der Waals surface area contributed by atoms with Gasteiger partial charge in [0.05, 0.1) is 11.6 Å². The quantitative estimate of drug-likeness (QED) is 0.931. The normalized spacial score (nSPS) is 21.9. The number of ether oxygens (including phenoxy) is 2. The van der Waals surface area contributed by atoms with Crippen molar-refractivity contribution in [2.24, 2.45) is 0 Å². The number of fused-ring (bicyclic) bond motifs is 1. The molecule has 0 bridgehead atoms. The number of hydrogen-bond donors (Lipinski definition) is 1. The molecule has 1 aromatic carbocycles. The van der Waals surface area contributed by atoms with E-state index in [1.807, 2.05) is 31.2 Å². The second-order valence-corrected chi connectivity index (χ2v) is 5.18. The summed E-state index contributed by atoms with van der Waals surface area (Å²) < 4.78 is 11.5. The molecule has 1 aliphatic rings. The number of rotatable bonds is 3. The fraction of sp³-hybridized carbons (Fsp3) is 0.375. The number of pyridine rings is 1. The molecule has 1 aromatic heterocycles. The van der Waals surface area contributed by atoms with Gasteiger partial charge < -0.3 is 14.8 Å². The van der Waals surface area contributed by atoms with Crippen LogP contribution in [0, 0.1) is 11.3 Å². The Balaban J connectivity index is 1.78. The van der Waals surface area contributed by atoms with Gasteiger partial charge >= 0.3 is 0 Å². The van der Waals surface area contributed by atoms with E-state index >= 15 is 0 Å². The van der Waals surface area contributed by atoms with E-state index in [1.165, 1.54) is 0 Å². The molecular formula is C16H17N3O2. The van der Waals surface area contributed by atoms with E-state index in [9.17, 15) is 5.26 Å². The van der Waals surface area contributed by atoms with Crippen LogP contribution in [0.5, 0.6) is 5.88 Å². The van der Waals surface area contributed by atoms with Gasteiger partial charge in [-0.3, -0.25) is 0 Å². The van der Waals surface area contributed by atoms with E-state index in [4.69, 9.17) is 9.47 Å². The van der Waals surface area contributed by atoms with Crippen molar-refractivity contribution in [3.05, 3.63) is 35.9 Å². The Bertz CT molecular complexity index is 681. The van der Waals surface area contributed by atoms with Crippen molar-refractivity contribution >= 4 is 10.9 Å². The Kier molecular flexibility index (Phi) is 4.00. The lowest BCUT2D eigenvalue weighted by molar-refractivity contribution is -0.0476. The van der Waals surface area contributed by atoms with Crippen LogP contribution >= 0.6 is 0 Å². The minimum absolute atomic E-state index is 0.0198. The highest BCUT2D eigenvalue weighted by molar-refractivity contribution is 5.80. The molecule has 2 aromatic rings. The molecule has 1 N–H and O–H groups in total. The maximum absolute atomic E-state index is 9.24. The van der Waals surface area contributed by atoms with Crippen LogP contribution in [0.3, 0.4) is 0 Å². The number of nitrogens with zero attached hydrogens (tertiary/aromatic N) is 2. The number of nitriles is 1. The van der Waals surface area contributed by atoms with E-state index < -0.39 is 0 Å². The molecule has 2 atom stereocenters. The Morgan fingerprint density at radius 2 is 2.29 bits per heavy atom. The summed E-state index contributed by atoms with van der Waals surface area (Å²) in [6, 6.07) is 11.6. The zero-order valence-electron chi connectivity index (χ0n) is 11.9. The van der Waals surface area contributed by atoms with Crippen LogP contribution in [-0.4, -0.2) is 36.9 Å². The lowest BCUT2D eigenvalue weighted by Gasteiger charge is -2.28. The number of benzene rings is 1. The molecular weight excluding hydrogens is 266 g/mol. The van der Waals surface area contributed by atoms with Crippen LogP contribution in [0.25, 0.3) is 10.9 Å². The summed E-state index contributed by atoms with van der Waals surface area (Å²) >= 11 is 0. The number of para-hydroxylation sites is 1. The van der Waals surface area contributed by atoms with Gasteiger partial charge in [0.2, 0.25) is 5.88 Å². The zero-order valence-corrected chi connectivity index (χ0v) is 11.9. The van der Waals surface area contributed by atoms with Crippen molar-refractivity contribution in [3.8, 4) is 11.9 Å². The topological polar surface area (TPSA) is 67.2 Å². The highest BCUT2D eigenvalue weighted by Gasteiger charge is 2.20. The highest BCUT2D eigenvalue weighted by Crippen LogP contribution is 2.22. The fourth-order valence-electron chi connectivity index (χ4n) is 2.43. The minimum Gasteiger partial charge on any atom is -0.474 e. The first-order chi connectivity index (χ1) is 10.3. The van der Waals surface area contributed by atoms with Crippen molar-refractivity contribution in [3.63, 3.8) is 0 Å². The van der Waals surface area contributed by atoms with Gasteiger partial charge in [0, 0.05) is 18.5 Å². The molecule has 0 radical (unpaired) electrons. The first-order valence-electron chi connectivity index (χ1n) is 7.05. The Morgan fingerprint density at radius 3 is 3.10 bits per heavy atom. The summed E-state index contributed by atoms with van der Waals surface area (Å²) in [5.41, 5.74) is 1.27.